The van der Waals surface area contributed by atoms with E-state index in [4.69, 9.17) is 4.74 Å². The van der Waals surface area contributed by atoms with Crippen molar-refractivity contribution in [2.24, 2.45) is 0 Å². The van der Waals surface area contributed by atoms with Crippen LogP contribution in [-0.4, -0.2) is 32.7 Å². The Labute approximate surface area is 152 Å². The third-order valence-corrected chi connectivity index (χ3v) is 3.83. The number of amides is 1. The maximum atomic E-state index is 12.3. The number of unbranched alkanes of at least 4 members (excludes halogenated alkanes) is 1. The van der Waals surface area contributed by atoms with Crippen molar-refractivity contribution in [2.75, 3.05) is 6.61 Å². The number of tetrazole rings is 1. The van der Waals surface area contributed by atoms with Crippen molar-refractivity contribution in [1.29, 1.82) is 0 Å². The van der Waals surface area contributed by atoms with Crippen LogP contribution >= 0.6 is 0 Å². The van der Waals surface area contributed by atoms with E-state index in [1.165, 1.54) is 0 Å². The van der Waals surface area contributed by atoms with E-state index >= 15 is 0 Å². The Balaban J connectivity index is 1.59. The second kappa shape index (κ2) is 8.75. The minimum atomic E-state index is -0.187. The average molecular weight is 351 g/mol. The molecule has 3 rings (SSSR count). The Morgan fingerprint density at radius 3 is 2.62 bits per heavy atom. The number of aromatic nitrogens is 4. The van der Waals surface area contributed by atoms with Crippen LogP contribution in [0.4, 0.5) is 0 Å². The largest absolute Gasteiger partial charge is 0.494 e. The summed E-state index contributed by atoms with van der Waals surface area (Å²) in [5.41, 5.74) is 1.40. The third-order valence-electron chi connectivity index (χ3n) is 3.83. The molecule has 1 heterocycles. The lowest BCUT2D eigenvalue weighted by Gasteiger charge is -2.08. The number of nitrogens with one attached hydrogen (secondary N) is 1. The minimum absolute atomic E-state index is 0.187. The molecular weight excluding hydrogens is 330 g/mol. The first-order valence-electron chi connectivity index (χ1n) is 8.61. The summed E-state index contributed by atoms with van der Waals surface area (Å²) >= 11 is 0. The third kappa shape index (κ3) is 4.44. The monoisotopic (exact) mass is 351 g/mol. The van der Waals surface area contributed by atoms with Crippen molar-refractivity contribution >= 4 is 5.91 Å². The zero-order valence-corrected chi connectivity index (χ0v) is 14.6. The highest BCUT2D eigenvalue weighted by Gasteiger charge is 2.11. The van der Waals surface area contributed by atoms with Gasteiger partial charge in [-0.05, 0) is 53.2 Å². The number of benzene rings is 2. The van der Waals surface area contributed by atoms with Gasteiger partial charge in [0.25, 0.3) is 5.91 Å². The SMILES string of the molecule is CCCCOc1ccc(C(=O)NCc2nnnn2-c2ccccc2)cc1. The smallest absolute Gasteiger partial charge is 0.251 e. The molecule has 26 heavy (non-hydrogen) atoms. The maximum absolute atomic E-state index is 12.3. The van der Waals surface area contributed by atoms with Crippen LogP contribution < -0.4 is 10.1 Å². The molecule has 3 aromatic rings. The molecule has 0 saturated carbocycles. The number of carbonyl (C=O) groups excluding carboxylic acids is 1. The van der Waals surface area contributed by atoms with Crippen LogP contribution in [0.2, 0.25) is 0 Å². The molecule has 7 nitrogen and oxygen atoms in total. The minimum Gasteiger partial charge on any atom is -0.494 e. The quantitative estimate of drug-likeness (QED) is 0.631. The Kier molecular flexibility index (Phi) is 5.92. The molecule has 0 atom stereocenters. The highest BCUT2D eigenvalue weighted by Crippen LogP contribution is 2.13. The molecule has 0 saturated heterocycles. The summed E-state index contributed by atoms with van der Waals surface area (Å²) in [6.07, 6.45) is 2.10. The summed E-state index contributed by atoms with van der Waals surface area (Å²) < 4.78 is 7.21. The number of nitrogens with zero attached hydrogens (tertiary/aromatic N) is 4. The van der Waals surface area contributed by atoms with E-state index in [1.807, 2.05) is 30.3 Å². The van der Waals surface area contributed by atoms with E-state index in [0.29, 0.717) is 18.0 Å². The first-order valence-corrected chi connectivity index (χ1v) is 8.61. The number of rotatable bonds is 8. The van der Waals surface area contributed by atoms with Crippen LogP contribution in [0.15, 0.2) is 54.6 Å². The van der Waals surface area contributed by atoms with Crippen molar-refractivity contribution in [1.82, 2.24) is 25.5 Å². The van der Waals surface area contributed by atoms with Crippen molar-refractivity contribution < 1.29 is 9.53 Å². The summed E-state index contributed by atoms with van der Waals surface area (Å²) in [6.45, 7) is 3.03. The highest BCUT2D eigenvalue weighted by atomic mass is 16.5. The highest BCUT2D eigenvalue weighted by molar-refractivity contribution is 5.94. The molecule has 134 valence electrons. The van der Waals surface area contributed by atoms with Crippen LogP contribution in [0.5, 0.6) is 5.75 Å². The summed E-state index contributed by atoms with van der Waals surface area (Å²) in [6, 6.07) is 16.6. The van der Waals surface area contributed by atoms with Gasteiger partial charge in [-0.3, -0.25) is 4.79 Å². The van der Waals surface area contributed by atoms with Crippen LogP contribution in [0, 0.1) is 0 Å². The predicted molar refractivity (Wildman–Crippen MR) is 97.2 cm³/mol. The number of para-hydroxylation sites is 1. The molecule has 7 heteroatoms. The van der Waals surface area contributed by atoms with E-state index in [1.54, 1.807) is 28.9 Å². The number of hydrogen-bond donors (Lipinski definition) is 1. The topological polar surface area (TPSA) is 81.9 Å². The lowest BCUT2D eigenvalue weighted by molar-refractivity contribution is 0.0949. The van der Waals surface area contributed by atoms with E-state index in [2.05, 4.69) is 27.8 Å². The van der Waals surface area contributed by atoms with E-state index in [-0.39, 0.29) is 12.5 Å². The molecule has 0 aliphatic heterocycles. The number of carbonyl (C=O) groups is 1. The van der Waals surface area contributed by atoms with Gasteiger partial charge in [-0.25, -0.2) is 0 Å². The summed E-state index contributed by atoms with van der Waals surface area (Å²) in [4.78, 5) is 12.3. The molecule has 0 spiro atoms. The van der Waals surface area contributed by atoms with Gasteiger partial charge in [0.1, 0.15) is 5.75 Å². The standard InChI is InChI=1S/C19H21N5O2/c1-2-3-13-26-17-11-9-15(10-12-17)19(25)20-14-18-21-22-23-24(18)16-7-5-4-6-8-16/h4-12H,2-3,13-14H2,1H3,(H,20,25). The van der Waals surface area contributed by atoms with E-state index in [9.17, 15) is 4.79 Å². The predicted octanol–water partition coefficient (Wildman–Crippen LogP) is 2.77. The second-order valence-corrected chi connectivity index (χ2v) is 5.75. The van der Waals surface area contributed by atoms with Gasteiger partial charge in [-0.2, -0.15) is 4.68 Å². The van der Waals surface area contributed by atoms with Gasteiger partial charge in [-0.1, -0.05) is 31.5 Å². The van der Waals surface area contributed by atoms with Gasteiger partial charge < -0.3 is 10.1 Å². The molecule has 0 bridgehead atoms. The van der Waals surface area contributed by atoms with Gasteiger partial charge in [0, 0.05) is 5.56 Å². The molecular formula is C19H21N5O2. The van der Waals surface area contributed by atoms with Gasteiger partial charge in [-0.15, -0.1) is 5.10 Å². The zero-order valence-electron chi connectivity index (χ0n) is 14.6. The molecule has 0 radical (unpaired) electrons. The normalized spacial score (nSPS) is 10.5. The number of ether oxygens (including phenoxy) is 1. The second-order valence-electron chi connectivity index (χ2n) is 5.75. The van der Waals surface area contributed by atoms with Crippen LogP contribution in [-0.2, 0) is 6.54 Å². The van der Waals surface area contributed by atoms with Gasteiger partial charge >= 0.3 is 0 Å². The summed E-state index contributed by atoms with van der Waals surface area (Å²) in [7, 11) is 0. The molecule has 0 fully saturated rings. The van der Waals surface area contributed by atoms with E-state index in [0.717, 1.165) is 24.3 Å². The van der Waals surface area contributed by atoms with Crippen molar-refractivity contribution in [3.63, 3.8) is 0 Å². The Morgan fingerprint density at radius 1 is 1.12 bits per heavy atom. The number of hydrogen-bond acceptors (Lipinski definition) is 5. The fourth-order valence-electron chi connectivity index (χ4n) is 2.38. The summed E-state index contributed by atoms with van der Waals surface area (Å²) in [5, 5.41) is 14.5. The Bertz CT molecular complexity index is 831. The van der Waals surface area contributed by atoms with Crippen molar-refractivity contribution in [3.8, 4) is 11.4 Å². The lowest BCUT2D eigenvalue weighted by atomic mass is 10.2. The van der Waals surface area contributed by atoms with Crippen molar-refractivity contribution in [3.05, 3.63) is 66.0 Å². The molecule has 1 amide bonds. The molecule has 1 N–H and O–H groups in total. The van der Waals surface area contributed by atoms with Crippen molar-refractivity contribution in [2.45, 2.75) is 26.3 Å². The van der Waals surface area contributed by atoms with E-state index < -0.39 is 0 Å². The molecule has 1 aromatic heterocycles. The van der Waals surface area contributed by atoms with Crippen LogP contribution in [0.1, 0.15) is 35.9 Å². The van der Waals surface area contributed by atoms with Gasteiger partial charge in [0.2, 0.25) is 0 Å². The summed E-state index contributed by atoms with van der Waals surface area (Å²) in [5.74, 6) is 1.14. The maximum Gasteiger partial charge on any atom is 0.251 e. The Morgan fingerprint density at radius 2 is 1.88 bits per heavy atom. The van der Waals surface area contributed by atoms with Gasteiger partial charge in [0.15, 0.2) is 5.82 Å². The molecule has 0 unspecified atom stereocenters. The van der Waals surface area contributed by atoms with Gasteiger partial charge in [0.05, 0.1) is 18.8 Å². The molecule has 2 aromatic carbocycles. The average Bonchev–Trinajstić information content (AvgIpc) is 3.16. The lowest BCUT2D eigenvalue weighted by Crippen LogP contribution is -2.24. The molecule has 0 aliphatic rings. The first-order chi connectivity index (χ1) is 12.8. The molecule has 0 aliphatic carbocycles. The zero-order chi connectivity index (χ0) is 18.2. The fourth-order valence-corrected chi connectivity index (χ4v) is 2.38. The first kappa shape index (κ1) is 17.6. The van der Waals surface area contributed by atoms with Crippen LogP contribution in [0.3, 0.4) is 0 Å². The van der Waals surface area contributed by atoms with Crippen LogP contribution in [0.25, 0.3) is 5.69 Å². The fraction of sp³-hybridized carbons (Fsp3) is 0.263. The Hall–Kier alpha value is -3.22.